The van der Waals surface area contributed by atoms with Crippen LogP contribution in [0.25, 0.3) is 0 Å². The van der Waals surface area contributed by atoms with Crippen LogP contribution in [0.4, 0.5) is 0 Å². The van der Waals surface area contributed by atoms with E-state index in [9.17, 15) is 0 Å². The lowest BCUT2D eigenvalue weighted by atomic mass is 9.88. The highest BCUT2D eigenvalue weighted by atomic mass is 15.0. The number of aromatic nitrogens is 1. The van der Waals surface area contributed by atoms with Crippen molar-refractivity contribution in [2.24, 2.45) is 0 Å². The Balaban J connectivity index is 2.01. The number of hydrogen-bond donors (Lipinski definition) is 1. The van der Waals surface area contributed by atoms with Gasteiger partial charge in [0.2, 0.25) is 0 Å². The minimum Gasteiger partial charge on any atom is -0.354 e. The van der Waals surface area contributed by atoms with Gasteiger partial charge in [0.05, 0.1) is 0 Å². The molecule has 0 saturated carbocycles. The first-order valence-corrected chi connectivity index (χ1v) is 6.68. The number of aryl methyl sites for hydroxylation is 1. The molecule has 2 heterocycles. The monoisotopic (exact) mass is 220 g/mol. The van der Waals surface area contributed by atoms with Crippen molar-refractivity contribution in [1.82, 2.24) is 9.88 Å². The topological polar surface area (TPSA) is 17.0 Å². The molecule has 1 N–H and O–H groups in total. The average molecular weight is 220 g/mol. The van der Waals surface area contributed by atoms with Crippen LogP contribution in [0, 0.1) is 0 Å². The smallest absolute Gasteiger partial charge is 0.0220 e. The molecule has 1 unspecified atom stereocenters. The van der Waals surface area contributed by atoms with E-state index in [2.05, 4.69) is 42.2 Å². The lowest BCUT2D eigenvalue weighted by molar-refractivity contribution is 0.360. The van der Waals surface area contributed by atoms with Crippen LogP contribution in [0.5, 0.6) is 0 Å². The van der Waals surface area contributed by atoms with Crippen molar-refractivity contribution in [2.75, 3.05) is 6.54 Å². The van der Waals surface area contributed by atoms with Crippen molar-refractivity contribution < 1.29 is 0 Å². The second-order valence-electron chi connectivity index (χ2n) is 5.10. The summed E-state index contributed by atoms with van der Waals surface area (Å²) in [7, 11) is 0. The Labute approximate surface area is 99.0 Å². The Morgan fingerprint density at radius 3 is 2.94 bits per heavy atom. The van der Waals surface area contributed by atoms with Crippen molar-refractivity contribution >= 4 is 0 Å². The van der Waals surface area contributed by atoms with Crippen molar-refractivity contribution in [1.29, 1.82) is 0 Å². The second-order valence-corrected chi connectivity index (χ2v) is 5.10. The SMILES string of the molecule is CCCn1ccc(CC2(CC)CCCN2)c1. The Kier molecular flexibility index (Phi) is 3.70. The molecular formula is C14H24N2. The zero-order valence-corrected chi connectivity index (χ0v) is 10.6. The fraction of sp³-hybridized carbons (Fsp3) is 0.714. The van der Waals surface area contributed by atoms with E-state index in [1.165, 1.54) is 44.2 Å². The van der Waals surface area contributed by atoms with Gasteiger partial charge in [0.25, 0.3) is 0 Å². The molecule has 2 nitrogen and oxygen atoms in total. The van der Waals surface area contributed by atoms with E-state index in [4.69, 9.17) is 0 Å². The summed E-state index contributed by atoms with van der Waals surface area (Å²) in [5.74, 6) is 0. The van der Waals surface area contributed by atoms with E-state index in [1.807, 2.05) is 0 Å². The molecule has 1 atom stereocenters. The average Bonchev–Trinajstić information content (AvgIpc) is 2.90. The molecule has 90 valence electrons. The van der Waals surface area contributed by atoms with Crippen molar-refractivity contribution in [2.45, 2.75) is 58.0 Å². The number of rotatable bonds is 5. The zero-order chi connectivity index (χ0) is 11.4. The van der Waals surface area contributed by atoms with E-state index in [0.717, 1.165) is 6.54 Å². The number of nitrogens with zero attached hydrogens (tertiary/aromatic N) is 1. The third-order valence-electron chi connectivity index (χ3n) is 3.84. The summed E-state index contributed by atoms with van der Waals surface area (Å²) in [6, 6.07) is 2.28. The standard InChI is InChI=1S/C14H24N2/c1-3-9-16-10-6-13(12-16)11-14(4-2)7-5-8-15-14/h6,10,12,15H,3-5,7-9,11H2,1-2H3. The minimum atomic E-state index is 0.387. The van der Waals surface area contributed by atoms with Gasteiger partial charge in [-0.1, -0.05) is 13.8 Å². The van der Waals surface area contributed by atoms with Gasteiger partial charge >= 0.3 is 0 Å². The van der Waals surface area contributed by atoms with Gasteiger partial charge in [-0.2, -0.15) is 0 Å². The summed E-state index contributed by atoms with van der Waals surface area (Å²) in [6.45, 7) is 6.88. The fourth-order valence-electron chi connectivity index (χ4n) is 2.83. The van der Waals surface area contributed by atoms with Gasteiger partial charge in [0, 0.05) is 24.5 Å². The zero-order valence-electron chi connectivity index (χ0n) is 10.6. The maximum absolute atomic E-state index is 3.70. The summed E-state index contributed by atoms with van der Waals surface area (Å²) in [5, 5.41) is 3.70. The molecule has 1 saturated heterocycles. The van der Waals surface area contributed by atoms with E-state index in [1.54, 1.807) is 0 Å². The van der Waals surface area contributed by atoms with Crippen LogP contribution >= 0.6 is 0 Å². The minimum absolute atomic E-state index is 0.387. The Morgan fingerprint density at radius 2 is 2.31 bits per heavy atom. The van der Waals surface area contributed by atoms with E-state index in [-0.39, 0.29) is 0 Å². The molecule has 0 spiro atoms. The largest absolute Gasteiger partial charge is 0.354 e. The molecule has 0 aromatic carbocycles. The van der Waals surface area contributed by atoms with Crippen LogP contribution in [-0.4, -0.2) is 16.7 Å². The van der Waals surface area contributed by atoms with Gasteiger partial charge < -0.3 is 9.88 Å². The summed E-state index contributed by atoms with van der Waals surface area (Å²) in [6.07, 6.45) is 10.9. The first kappa shape index (κ1) is 11.7. The summed E-state index contributed by atoms with van der Waals surface area (Å²) in [4.78, 5) is 0. The molecule has 0 aliphatic carbocycles. The van der Waals surface area contributed by atoms with E-state index >= 15 is 0 Å². The quantitative estimate of drug-likeness (QED) is 0.807. The van der Waals surface area contributed by atoms with Crippen molar-refractivity contribution in [3.05, 3.63) is 24.0 Å². The highest BCUT2D eigenvalue weighted by molar-refractivity contribution is 5.15. The third-order valence-corrected chi connectivity index (χ3v) is 3.84. The van der Waals surface area contributed by atoms with Crippen molar-refractivity contribution in [3.63, 3.8) is 0 Å². The maximum atomic E-state index is 3.70. The van der Waals surface area contributed by atoms with Gasteiger partial charge in [-0.05, 0) is 50.3 Å². The van der Waals surface area contributed by atoms with Gasteiger partial charge in [-0.25, -0.2) is 0 Å². The van der Waals surface area contributed by atoms with Gasteiger partial charge in [-0.3, -0.25) is 0 Å². The molecule has 0 amide bonds. The highest BCUT2D eigenvalue weighted by Crippen LogP contribution is 2.27. The Bertz CT molecular complexity index is 321. The molecular weight excluding hydrogens is 196 g/mol. The molecule has 2 heteroatoms. The van der Waals surface area contributed by atoms with Crippen LogP contribution in [0.1, 0.15) is 45.1 Å². The number of hydrogen-bond acceptors (Lipinski definition) is 1. The molecule has 2 rings (SSSR count). The van der Waals surface area contributed by atoms with E-state index in [0.29, 0.717) is 5.54 Å². The normalized spacial score (nSPS) is 25.1. The maximum Gasteiger partial charge on any atom is 0.0220 e. The third kappa shape index (κ3) is 2.49. The molecule has 0 radical (unpaired) electrons. The van der Waals surface area contributed by atoms with Crippen LogP contribution in [0.2, 0.25) is 0 Å². The summed E-state index contributed by atoms with van der Waals surface area (Å²) >= 11 is 0. The predicted molar refractivity (Wildman–Crippen MR) is 68.7 cm³/mol. The molecule has 0 bridgehead atoms. The van der Waals surface area contributed by atoms with Crippen LogP contribution < -0.4 is 5.32 Å². The van der Waals surface area contributed by atoms with Gasteiger partial charge in [-0.15, -0.1) is 0 Å². The highest BCUT2D eigenvalue weighted by Gasteiger charge is 2.31. The second kappa shape index (κ2) is 5.05. The summed E-state index contributed by atoms with van der Waals surface area (Å²) in [5.41, 5.74) is 1.88. The Hall–Kier alpha value is -0.760. The predicted octanol–water partition coefficient (Wildman–Crippen LogP) is 2.97. The summed E-state index contributed by atoms with van der Waals surface area (Å²) < 4.78 is 2.31. The Morgan fingerprint density at radius 1 is 1.44 bits per heavy atom. The molecule has 1 fully saturated rings. The van der Waals surface area contributed by atoms with Crippen LogP contribution in [0.3, 0.4) is 0 Å². The lowest BCUT2D eigenvalue weighted by Crippen LogP contribution is -2.41. The first-order chi connectivity index (χ1) is 7.78. The molecule has 1 aliphatic heterocycles. The van der Waals surface area contributed by atoms with E-state index < -0.39 is 0 Å². The van der Waals surface area contributed by atoms with Crippen molar-refractivity contribution in [3.8, 4) is 0 Å². The van der Waals surface area contributed by atoms with Crippen LogP contribution in [0.15, 0.2) is 18.5 Å². The first-order valence-electron chi connectivity index (χ1n) is 6.68. The molecule has 1 aromatic heterocycles. The van der Waals surface area contributed by atoms with Crippen LogP contribution in [-0.2, 0) is 13.0 Å². The fourth-order valence-corrected chi connectivity index (χ4v) is 2.83. The molecule has 16 heavy (non-hydrogen) atoms. The molecule has 1 aliphatic rings. The van der Waals surface area contributed by atoms with Gasteiger partial charge in [0.15, 0.2) is 0 Å². The lowest BCUT2D eigenvalue weighted by Gasteiger charge is -2.27. The van der Waals surface area contributed by atoms with Gasteiger partial charge in [0.1, 0.15) is 0 Å². The number of nitrogens with one attached hydrogen (secondary N) is 1. The molecule has 1 aromatic rings.